The number of fused-ring (bicyclic) bond motifs is 1. The van der Waals surface area contributed by atoms with Crippen molar-refractivity contribution in [2.24, 2.45) is 0 Å². The zero-order valence-corrected chi connectivity index (χ0v) is 12.4. The second kappa shape index (κ2) is 6.16. The molecule has 0 atom stereocenters. The van der Waals surface area contributed by atoms with Crippen molar-refractivity contribution in [3.63, 3.8) is 0 Å². The summed E-state index contributed by atoms with van der Waals surface area (Å²) in [7, 11) is 0. The second-order valence-electron chi connectivity index (χ2n) is 4.58. The summed E-state index contributed by atoms with van der Waals surface area (Å²) >= 11 is 6.19. The highest BCUT2D eigenvalue weighted by Gasteiger charge is 2.10. The molecule has 4 nitrogen and oxygen atoms in total. The van der Waals surface area contributed by atoms with Crippen LogP contribution in [0, 0.1) is 0 Å². The monoisotopic (exact) mass is 302 g/mol. The summed E-state index contributed by atoms with van der Waals surface area (Å²) in [6, 6.07) is 11.4. The fourth-order valence-corrected chi connectivity index (χ4v) is 2.32. The number of benzene rings is 2. The minimum atomic E-state index is 0.232. The van der Waals surface area contributed by atoms with Crippen LogP contribution in [0.1, 0.15) is 12.6 Å². The number of rotatable bonds is 5. The molecule has 0 radical (unpaired) electrons. The first kappa shape index (κ1) is 13.9. The summed E-state index contributed by atoms with van der Waals surface area (Å²) in [6.45, 7) is 3.58. The molecule has 0 unspecified atom stereocenters. The molecule has 0 spiro atoms. The first-order chi connectivity index (χ1) is 10.3. The van der Waals surface area contributed by atoms with Gasteiger partial charge in [0, 0.05) is 22.3 Å². The highest BCUT2D eigenvalue weighted by molar-refractivity contribution is 6.35. The van der Waals surface area contributed by atoms with Crippen LogP contribution in [0.2, 0.25) is 5.02 Å². The van der Waals surface area contributed by atoms with Crippen LogP contribution in [0.4, 0.5) is 0 Å². The summed E-state index contributed by atoms with van der Waals surface area (Å²) in [4.78, 5) is 4.29. The highest BCUT2D eigenvalue weighted by atomic mass is 35.5. The van der Waals surface area contributed by atoms with Crippen LogP contribution in [0.15, 0.2) is 47.1 Å². The first-order valence-electron chi connectivity index (χ1n) is 6.78. The van der Waals surface area contributed by atoms with Gasteiger partial charge in [0.05, 0.1) is 5.69 Å². The van der Waals surface area contributed by atoms with Crippen molar-refractivity contribution in [1.82, 2.24) is 10.3 Å². The molecule has 0 amide bonds. The quantitative estimate of drug-likeness (QED) is 0.759. The lowest BCUT2D eigenvalue weighted by molar-refractivity contribution is 0.333. The summed E-state index contributed by atoms with van der Waals surface area (Å²) in [5.74, 6) is 0.673. The van der Waals surface area contributed by atoms with Gasteiger partial charge < -0.3 is 14.5 Å². The van der Waals surface area contributed by atoms with Gasteiger partial charge in [-0.1, -0.05) is 42.8 Å². The lowest BCUT2D eigenvalue weighted by Crippen LogP contribution is -2.11. The van der Waals surface area contributed by atoms with E-state index >= 15 is 0 Å². The lowest BCUT2D eigenvalue weighted by Gasteiger charge is -2.06. The van der Waals surface area contributed by atoms with Gasteiger partial charge in [0.15, 0.2) is 0 Å². The van der Waals surface area contributed by atoms with Gasteiger partial charge in [0.25, 0.3) is 0 Å². The van der Waals surface area contributed by atoms with Crippen molar-refractivity contribution < 1.29 is 9.15 Å². The number of ether oxygens (including phenoxy) is 1. The maximum absolute atomic E-state index is 6.19. The molecule has 5 heteroatoms. The Labute approximate surface area is 127 Å². The number of nitrogens with zero attached hydrogens (tertiary/aromatic N) is 1. The van der Waals surface area contributed by atoms with E-state index in [0.29, 0.717) is 17.3 Å². The van der Waals surface area contributed by atoms with E-state index in [1.165, 1.54) is 0 Å². The third kappa shape index (κ3) is 3.01. The van der Waals surface area contributed by atoms with E-state index in [1.807, 2.05) is 43.3 Å². The van der Waals surface area contributed by atoms with E-state index in [9.17, 15) is 0 Å². The SMILES string of the molecule is CCNCc1coc(Oc2ccc(Cl)c3ccccc23)n1. The van der Waals surface area contributed by atoms with Gasteiger partial charge >= 0.3 is 6.08 Å². The van der Waals surface area contributed by atoms with Gasteiger partial charge in [-0.05, 0) is 18.7 Å². The van der Waals surface area contributed by atoms with E-state index in [2.05, 4.69) is 10.3 Å². The zero-order chi connectivity index (χ0) is 14.7. The summed E-state index contributed by atoms with van der Waals surface area (Å²) in [6.07, 6.45) is 1.83. The molecule has 1 heterocycles. The molecule has 0 bridgehead atoms. The molecular weight excluding hydrogens is 288 g/mol. The van der Waals surface area contributed by atoms with Gasteiger partial charge in [-0.15, -0.1) is 0 Å². The van der Waals surface area contributed by atoms with Crippen molar-refractivity contribution in [2.45, 2.75) is 13.5 Å². The van der Waals surface area contributed by atoms with Crippen LogP contribution in [0.25, 0.3) is 10.8 Å². The molecule has 21 heavy (non-hydrogen) atoms. The van der Waals surface area contributed by atoms with Gasteiger partial charge in [-0.3, -0.25) is 0 Å². The summed E-state index contributed by atoms with van der Waals surface area (Å²) in [5.41, 5.74) is 0.810. The Balaban J connectivity index is 1.88. The van der Waals surface area contributed by atoms with Crippen LogP contribution < -0.4 is 10.1 Å². The number of oxazole rings is 1. The highest BCUT2D eigenvalue weighted by Crippen LogP contribution is 2.33. The van der Waals surface area contributed by atoms with E-state index < -0.39 is 0 Å². The van der Waals surface area contributed by atoms with Gasteiger partial charge in [-0.2, -0.15) is 4.98 Å². The standard InChI is InChI=1S/C16H15ClN2O2/c1-2-18-9-11-10-20-16(19-11)21-15-8-7-14(17)12-5-3-4-6-13(12)15/h3-8,10,18H,2,9H2,1H3. The second-order valence-corrected chi connectivity index (χ2v) is 4.99. The molecule has 0 saturated carbocycles. The maximum Gasteiger partial charge on any atom is 0.399 e. The van der Waals surface area contributed by atoms with Crippen molar-refractivity contribution in [1.29, 1.82) is 0 Å². The number of hydrogen-bond donors (Lipinski definition) is 1. The van der Waals surface area contributed by atoms with Crippen molar-refractivity contribution in [3.8, 4) is 11.8 Å². The fraction of sp³-hybridized carbons (Fsp3) is 0.188. The van der Waals surface area contributed by atoms with Gasteiger partial charge in [0.1, 0.15) is 12.0 Å². The van der Waals surface area contributed by atoms with Crippen molar-refractivity contribution in [2.75, 3.05) is 6.54 Å². The van der Waals surface area contributed by atoms with Crippen LogP contribution in [0.3, 0.4) is 0 Å². The molecule has 3 rings (SSSR count). The van der Waals surface area contributed by atoms with Crippen LogP contribution in [-0.2, 0) is 6.54 Å². The number of halogens is 1. The van der Waals surface area contributed by atoms with Gasteiger partial charge in [0.2, 0.25) is 0 Å². The Bertz CT molecular complexity index is 755. The van der Waals surface area contributed by atoms with E-state index in [1.54, 1.807) is 6.26 Å². The average Bonchev–Trinajstić information content (AvgIpc) is 2.96. The predicted octanol–water partition coefficient (Wildman–Crippen LogP) is 4.38. The normalized spacial score (nSPS) is 11.0. The molecule has 1 aromatic heterocycles. The Morgan fingerprint density at radius 1 is 1.19 bits per heavy atom. The van der Waals surface area contributed by atoms with Crippen molar-refractivity contribution >= 4 is 22.4 Å². The molecule has 0 aliphatic carbocycles. The Morgan fingerprint density at radius 2 is 2.00 bits per heavy atom. The minimum absolute atomic E-state index is 0.232. The van der Waals surface area contributed by atoms with Crippen LogP contribution in [0.5, 0.6) is 11.8 Å². The number of aromatic nitrogens is 1. The average molecular weight is 303 g/mol. The van der Waals surface area contributed by atoms with E-state index in [0.717, 1.165) is 23.0 Å². The molecule has 0 aliphatic rings. The third-order valence-corrected chi connectivity index (χ3v) is 3.44. The molecule has 108 valence electrons. The fourth-order valence-electron chi connectivity index (χ4n) is 2.09. The lowest BCUT2D eigenvalue weighted by atomic mass is 10.1. The topological polar surface area (TPSA) is 47.3 Å². The molecule has 1 N–H and O–H groups in total. The zero-order valence-electron chi connectivity index (χ0n) is 11.6. The molecule has 3 aromatic rings. The predicted molar refractivity (Wildman–Crippen MR) is 82.9 cm³/mol. The summed E-state index contributed by atoms with van der Waals surface area (Å²) < 4.78 is 11.1. The minimum Gasteiger partial charge on any atom is -0.417 e. The number of nitrogens with one attached hydrogen (secondary N) is 1. The smallest absolute Gasteiger partial charge is 0.399 e. The number of hydrogen-bond acceptors (Lipinski definition) is 4. The van der Waals surface area contributed by atoms with Crippen LogP contribution in [-0.4, -0.2) is 11.5 Å². The molecule has 0 saturated heterocycles. The molecular formula is C16H15ClN2O2. The largest absolute Gasteiger partial charge is 0.417 e. The van der Waals surface area contributed by atoms with E-state index in [4.69, 9.17) is 20.8 Å². The van der Waals surface area contributed by atoms with E-state index in [-0.39, 0.29) is 6.08 Å². The maximum atomic E-state index is 6.19. The van der Waals surface area contributed by atoms with Gasteiger partial charge in [-0.25, -0.2) is 0 Å². The molecule has 2 aromatic carbocycles. The first-order valence-corrected chi connectivity index (χ1v) is 7.16. The molecule has 0 aliphatic heterocycles. The van der Waals surface area contributed by atoms with Crippen LogP contribution >= 0.6 is 11.6 Å². The summed E-state index contributed by atoms with van der Waals surface area (Å²) in [5, 5.41) is 5.74. The third-order valence-electron chi connectivity index (χ3n) is 3.11. The van der Waals surface area contributed by atoms with Crippen molar-refractivity contribution in [3.05, 3.63) is 53.4 Å². The Kier molecular flexibility index (Phi) is 4.08. The Hall–Kier alpha value is -2.04. The Morgan fingerprint density at radius 3 is 2.81 bits per heavy atom. The molecule has 0 fully saturated rings.